The second-order valence-corrected chi connectivity index (χ2v) is 8.47. The number of rotatable bonds is 5. The minimum Gasteiger partial charge on any atom is -0.324 e. The van der Waals surface area contributed by atoms with Gasteiger partial charge in [0, 0.05) is 12.5 Å². The number of anilines is 2. The molecule has 0 aromatic heterocycles. The van der Waals surface area contributed by atoms with E-state index >= 15 is 0 Å². The molecule has 8 nitrogen and oxygen atoms in total. The molecule has 0 radical (unpaired) electrons. The Morgan fingerprint density at radius 3 is 2.62 bits per heavy atom. The molecule has 0 saturated carbocycles. The van der Waals surface area contributed by atoms with Crippen LogP contribution in [0.25, 0.3) is 0 Å². The Balaban J connectivity index is 1.81. The Morgan fingerprint density at radius 2 is 1.93 bits per heavy atom. The number of hydrogen-bond acceptors (Lipinski definition) is 4. The second-order valence-electron chi connectivity index (χ2n) is 8.47. The third kappa shape index (κ3) is 4.11. The van der Waals surface area contributed by atoms with E-state index in [1.807, 2.05) is 0 Å². The quantitative estimate of drug-likeness (QED) is 0.742. The van der Waals surface area contributed by atoms with Crippen LogP contribution in [0.1, 0.15) is 47.0 Å². The number of nitrogens with zero attached hydrogens (tertiary/aromatic N) is 2. The minimum absolute atomic E-state index is 0.132. The molecule has 0 bridgehead atoms. The molecule has 1 aromatic rings. The number of imide groups is 1. The molecule has 2 aliphatic rings. The predicted octanol–water partition coefficient (Wildman–Crippen LogP) is 2.50. The zero-order valence-electron chi connectivity index (χ0n) is 17.3. The monoisotopic (exact) mass is 400 g/mol. The van der Waals surface area contributed by atoms with E-state index in [1.165, 1.54) is 4.90 Å². The summed E-state index contributed by atoms with van der Waals surface area (Å²) in [6.07, 6.45) is 1.43. The van der Waals surface area contributed by atoms with Crippen LogP contribution in [0, 0.1) is 5.92 Å². The number of hydrogen-bond donors (Lipinski definition) is 2. The number of carbonyl (C=O) groups is 4. The van der Waals surface area contributed by atoms with Gasteiger partial charge in [0.1, 0.15) is 12.1 Å². The summed E-state index contributed by atoms with van der Waals surface area (Å²) in [7, 11) is 0. The van der Waals surface area contributed by atoms with Crippen LogP contribution < -0.4 is 15.5 Å². The first-order valence-corrected chi connectivity index (χ1v) is 9.97. The van der Waals surface area contributed by atoms with E-state index in [4.69, 9.17) is 0 Å². The van der Waals surface area contributed by atoms with Gasteiger partial charge < -0.3 is 15.5 Å². The van der Waals surface area contributed by atoms with Crippen molar-refractivity contribution >= 4 is 35.1 Å². The molecular formula is C21H28N4O4. The molecule has 2 heterocycles. The van der Waals surface area contributed by atoms with Gasteiger partial charge in [-0.25, -0.2) is 4.79 Å². The lowest BCUT2D eigenvalue weighted by Crippen LogP contribution is -2.48. The summed E-state index contributed by atoms with van der Waals surface area (Å²) in [5.74, 6) is -0.581. The topological polar surface area (TPSA) is 98.8 Å². The number of carbonyl (C=O) groups excluding carboxylic acids is 4. The Kier molecular flexibility index (Phi) is 5.64. The maximum atomic E-state index is 13.2. The van der Waals surface area contributed by atoms with E-state index < -0.39 is 23.5 Å². The summed E-state index contributed by atoms with van der Waals surface area (Å²) in [4.78, 5) is 53.1. The van der Waals surface area contributed by atoms with Crippen molar-refractivity contribution in [3.8, 4) is 0 Å². The van der Waals surface area contributed by atoms with Gasteiger partial charge >= 0.3 is 6.03 Å². The molecule has 0 spiro atoms. The fourth-order valence-electron chi connectivity index (χ4n) is 3.82. The van der Waals surface area contributed by atoms with Gasteiger partial charge in [0.05, 0.1) is 11.4 Å². The normalized spacial score (nSPS) is 24.3. The Labute approximate surface area is 170 Å². The first-order valence-electron chi connectivity index (χ1n) is 9.97. The largest absolute Gasteiger partial charge is 0.325 e. The number of fused-ring (bicyclic) bond motifs is 1. The van der Waals surface area contributed by atoms with E-state index in [-0.39, 0.29) is 24.8 Å². The predicted molar refractivity (Wildman–Crippen MR) is 109 cm³/mol. The van der Waals surface area contributed by atoms with Crippen LogP contribution in [-0.2, 0) is 14.4 Å². The van der Waals surface area contributed by atoms with Gasteiger partial charge in [-0.15, -0.1) is 0 Å². The third-order valence-corrected chi connectivity index (χ3v) is 5.49. The third-order valence-electron chi connectivity index (χ3n) is 5.49. The van der Waals surface area contributed by atoms with Gasteiger partial charge in [-0.2, -0.15) is 0 Å². The van der Waals surface area contributed by atoms with E-state index in [2.05, 4.69) is 24.5 Å². The van der Waals surface area contributed by atoms with Crippen LogP contribution in [-0.4, -0.2) is 46.8 Å². The summed E-state index contributed by atoms with van der Waals surface area (Å²) in [5, 5.41) is 5.54. The number of nitrogens with one attached hydrogen (secondary N) is 2. The number of benzene rings is 1. The van der Waals surface area contributed by atoms with Crippen molar-refractivity contribution in [2.75, 3.05) is 16.8 Å². The van der Waals surface area contributed by atoms with Crippen molar-refractivity contribution in [1.82, 2.24) is 10.2 Å². The van der Waals surface area contributed by atoms with E-state index in [0.29, 0.717) is 23.7 Å². The van der Waals surface area contributed by atoms with Gasteiger partial charge in [-0.1, -0.05) is 26.0 Å². The second kappa shape index (κ2) is 7.85. The summed E-state index contributed by atoms with van der Waals surface area (Å²) >= 11 is 0. The average molecular weight is 400 g/mol. The van der Waals surface area contributed by atoms with Crippen LogP contribution >= 0.6 is 0 Å². The highest BCUT2D eigenvalue weighted by atomic mass is 16.2. The van der Waals surface area contributed by atoms with Crippen LogP contribution in [0.5, 0.6) is 0 Å². The zero-order valence-corrected chi connectivity index (χ0v) is 17.3. The Morgan fingerprint density at radius 1 is 1.24 bits per heavy atom. The lowest BCUT2D eigenvalue weighted by Gasteiger charge is -2.29. The fraction of sp³-hybridized carbons (Fsp3) is 0.524. The van der Waals surface area contributed by atoms with E-state index in [9.17, 15) is 19.2 Å². The van der Waals surface area contributed by atoms with Crippen LogP contribution in [0.4, 0.5) is 16.2 Å². The number of para-hydroxylation sites is 2. The molecule has 2 aliphatic heterocycles. The fourth-order valence-corrected chi connectivity index (χ4v) is 3.82. The van der Waals surface area contributed by atoms with Crippen molar-refractivity contribution < 1.29 is 19.2 Å². The Hall–Kier alpha value is -2.90. The molecule has 0 unspecified atom stereocenters. The van der Waals surface area contributed by atoms with Gasteiger partial charge in [0.25, 0.3) is 5.91 Å². The van der Waals surface area contributed by atoms with Gasteiger partial charge in [0.15, 0.2) is 0 Å². The molecule has 3 rings (SSSR count). The molecule has 2 atom stereocenters. The summed E-state index contributed by atoms with van der Waals surface area (Å²) in [5.41, 5.74) is 0.0983. The molecule has 5 amide bonds. The molecule has 156 valence electrons. The molecule has 1 fully saturated rings. The standard InChI is InChI=1S/C21H28N4O4/c1-13(2)9-10-21(4)19(28)24(20(29)23-21)12-18(27)25-14(3)11-17(26)22-15-7-5-6-8-16(15)25/h5-8,13-14H,9-12H2,1-4H3,(H,22,26)(H,23,29)/t14-,21-/m0/s1. The maximum absolute atomic E-state index is 13.2. The Bertz CT molecular complexity index is 853. The lowest BCUT2D eigenvalue weighted by molar-refractivity contribution is -0.134. The smallest absolute Gasteiger partial charge is 0.324 e. The molecule has 1 saturated heterocycles. The number of urea groups is 1. The molecule has 1 aromatic carbocycles. The van der Waals surface area contributed by atoms with Crippen molar-refractivity contribution in [2.45, 2.75) is 58.5 Å². The lowest BCUT2D eigenvalue weighted by atomic mass is 9.92. The number of amides is 5. The van der Waals surface area contributed by atoms with Crippen molar-refractivity contribution in [2.24, 2.45) is 5.92 Å². The van der Waals surface area contributed by atoms with Crippen molar-refractivity contribution in [3.63, 3.8) is 0 Å². The molecular weight excluding hydrogens is 372 g/mol. The summed E-state index contributed by atoms with van der Waals surface area (Å²) in [6.45, 7) is 7.22. The first-order chi connectivity index (χ1) is 13.6. The van der Waals surface area contributed by atoms with Crippen LogP contribution in [0.3, 0.4) is 0 Å². The maximum Gasteiger partial charge on any atom is 0.325 e. The SMILES string of the molecule is CC(C)CC[C@]1(C)NC(=O)N(CC(=O)N2c3ccccc3NC(=O)C[C@@H]2C)C1=O. The van der Waals surface area contributed by atoms with E-state index in [0.717, 1.165) is 11.3 Å². The summed E-state index contributed by atoms with van der Waals surface area (Å²) < 4.78 is 0. The highest BCUT2D eigenvalue weighted by Gasteiger charge is 2.48. The first kappa shape index (κ1) is 20.8. The average Bonchev–Trinajstić information content (AvgIpc) is 2.77. The van der Waals surface area contributed by atoms with Crippen LogP contribution in [0.15, 0.2) is 24.3 Å². The van der Waals surface area contributed by atoms with Crippen molar-refractivity contribution in [1.29, 1.82) is 0 Å². The van der Waals surface area contributed by atoms with Gasteiger partial charge in [0.2, 0.25) is 11.8 Å². The van der Waals surface area contributed by atoms with Gasteiger partial charge in [-0.3, -0.25) is 19.3 Å². The molecule has 2 N–H and O–H groups in total. The van der Waals surface area contributed by atoms with Crippen molar-refractivity contribution in [3.05, 3.63) is 24.3 Å². The molecule has 29 heavy (non-hydrogen) atoms. The van der Waals surface area contributed by atoms with Crippen LogP contribution in [0.2, 0.25) is 0 Å². The highest BCUT2D eigenvalue weighted by molar-refractivity contribution is 6.11. The minimum atomic E-state index is -0.999. The van der Waals surface area contributed by atoms with Gasteiger partial charge in [-0.05, 0) is 44.7 Å². The van der Waals surface area contributed by atoms with E-state index in [1.54, 1.807) is 38.1 Å². The zero-order chi connectivity index (χ0) is 21.3. The molecule has 0 aliphatic carbocycles. The molecule has 8 heteroatoms. The summed E-state index contributed by atoms with van der Waals surface area (Å²) in [6, 6.07) is 6.06. The highest BCUT2D eigenvalue weighted by Crippen LogP contribution is 2.32.